The summed E-state index contributed by atoms with van der Waals surface area (Å²) in [6, 6.07) is 0. The van der Waals surface area contributed by atoms with Crippen LogP contribution in [0.25, 0.3) is 0 Å². The molecule has 4 aliphatic carbocycles. The molecule has 4 aliphatic rings. The van der Waals surface area contributed by atoms with Crippen LogP contribution < -0.4 is 10.6 Å². The van der Waals surface area contributed by atoms with Gasteiger partial charge < -0.3 is 10.6 Å². The number of hydrogen-bond acceptors (Lipinski definition) is 2. The highest BCUT2D eigenvalue weighted by molar-refractivity contribution is 5.81. The fourth-order valence-electron chi connectivity index (χ4n) is 4.90. The maximum Gasteiger partial charge on any atom is 0.223 e. The van der Waals surface area contributed by atoms with Crippen LogP contribution >= 0.6 is 0 Å². The molecule has 2 amide bonds. The Kier molecular flexibility index (Phi) is 3.50. The Bertz CT molecular complexity index is 352. The fourth-order valence-corrected chi connectivity index (χ4v) is 4.90. The lowest BCUT2D eigenvalue weighted by atomic mass is 9.51. The molecule has 0 spiro atoms. The Hall–Kier alpha value is -1.06. The standard InChI is InChI=1S/C15H24N2O2/c1-16-13(18)2-3-17-15(19)14-11-5-9-4-10(7-11)8-12(14)6-9/h9-12,14H,2-8H2,1H3,(H,16,18)(H,17,19). The van der Waals surface area contributed by atoms with Gasteiger partial charge in [-0.1, -0.05) is 0 Å². The molecule has 0 unspecified atom stereocenters. The monoisotopic (exact) mass is 264 g/mol. The van der Waals surface area contributed by atoms with Crippen LogP contribution in [0.2, 0.25) is 0 Å². The van der Waals surface area contributed by atoms with Gasteiger partial charge in [-0.2, -0.15) is 0 Å². The first-order valence-corrected chi connectivity index (χ1v) is 7.65. The van der Waals surface area contributed by atoms with Crippen molar-refractivity contribution in [3.8, 4) is 0 Å². The van der Waals surface area contributed by atoms with Gasteiger partial charge in [0.15, 0.2) is 0 Å². The molecule has 0 atom stereocenters. The largest absolute Gasteiger partial charge is 0.359 e. The molecule has 0 aromatic heterocycles. The zero-order valence-corrected chi connectivity index (χ0v) is 11.7. The molecule has 106 valence electrons. The second-order valence-electron chi connectivity index (χ2n) is 6.67. The van der Waals surface area contributed by atoms with Crippen LogP contribution in [0.3, 0.4) is 0 Å². The van der Waals surface area contributed by atoms with Gasteiger partial charge in [0, 0.05) is 25.9 Å². The summed E-state index contributed by atoms with van der Waals surface area (Å²) in [5.41, 5.74) is 0. The number of carbonyl (C=O) groups excluding carboxylic acids is 2. The van der Waals surface area contributed by atoms with Crippen molar-refractivity contribution in [1.82, 2.24) is 10.6 Å². The number of amides is 2. The van der Waals surface area contributed by atoms with Crippen LogP contribution in [-0.2, 0) is 9.59 Å². The van der Waals surface area contributed by atoms with Crippen molar-refractivity contribution < 1.29 is 9.59 Å². The summed E-state index contributed by atoms with van der Waals surface area (Å²) in [6.45, 7) is 0.474. The maximum absolute atomic E-state index is 12.4. The van der Waals surface area contributed by atoms with E-state index in [1.165, 1.54) is 32.1 Å². The van der Waals surface area contributed by atoms with Gasteiger partial charge in [-0.25, -0.2) is 0 Å². The van der Waals surface area contributed by atoms with Gasteiger partial charge in [0.25, 0.3) is 0 Å². The molecule has 4 nitrogen and oxygen atoms in total. The minimum atomic E-state index is -0.00890. The van der Waals surface area contributed by atoms with Gasteiger partial charge in [0.05, 0.1) is 0 Å². The van der Waals surface area contributed by atoms with E-state index in [2.05, 4.69) is 10.6 Å². The number of hydrogen-bond donors (Lipinski definition) is 2. The van der Waals surface area contributed by atoms with E-state index >= 15 is 0 Å². The van der Waals surface area contributed by atoms with Crippen LogP contribution in [-0.4, -0.2) is 25.4 Å². The van der Waals surface area contributed by atoms with Crippen LogP contribution in [0.1, 0.15) is 38.5 Å². The lowest BCUT2D eigenvalue weighted by Crippen LogP contribution is -2.51. The Morgan fingerprint density at radius 3 is 2.11 bits per heavy atom. The minimum Gasteiger partial charge on any atom is -0.359 e. The van der Waals surface area contributed by atoms with Crippen molar-refractivity contribution in [2.45, 2.75) is 38.5 Å². The van der Waals surface area contributed by atoms with Gasteiger partial charge in [-0.15, -0.1) is 0 Å². The molecule has 19 heavy (non-hydrogen) atoms. The Morgan fingerprint density at radius 1 is 1.00 bits per heavy atom. The van der Waals surface area contributed by atoms with Gasteiger partial charge in [-0.3, -0.25) is 9.59 Å². The zero-order chi connectivity index (χ0) is 13.4. The number of carbonyl (C=O) groups is 2. The molecule has 2 N–H and O–H groups in total. The summed E-state index contributed by atoms with van der Waals surface area (Å²) in [7, 11) is 1.63. The highest BCUT2D eigenvalue weighted by Gasteiger charge is 2.50. The third-order valence-electron chi connectivity index (χ3n) is 5.46. The second kappa shape index (κ2) is 5.14. The molecular weight excluding hydrogens is 240 g/mol. The zero-order valence-electron chi connectivity index (χ0n) is 11.7. The highest BCUT2D eigenvalue weighted by atomic mass is 16.2. The average molecular weight is 264 g/mol. The number of rotatable bonds is 4. The highest BCUT2D eigenvalue weighted by Crippen LogP contribution is 2.56. The van der Waals surface area contributed by atoms with E-state index in [9.17, 15) is 9.59 Å². The summed E-state index contributed by atoms with van der Waals surface area (Å²) in [4.78, 5) is 23.5. The van der Waals surface area contributed by atoms with Crippen molar-refractivity contribution in [3.63, 3.8) is 0 Å². The average Bonchev–Trinajstić information content (AvgIpc) is 2.37. The van der Waals surface area contributed by atoms with Crippen LogP contribution in [0.5, 0.6) is 0 Å². The van der Waals surface area contributed by atoms with E-state index < -0.39 is 0 Å². The van der Waals surface area contributed by atoms with Gasteiger partial charge >= 0.3 is 0 Å². The minimum absolute atomic E-state index is 0.00890. The van der Waals surface area contributed by atoms with E-state index in [4.69, 9.17) is 0 Å². The second-order valence-corrected chi connectivity index (χ2v) is 6.67. The lowest BCUT2D eigenvalue weighted by Gasteiger charge is -2.53. The van der Waals surface area contributed by atoms with Crippen molar-refractivity contribution in [2.75, 3.05) is 13.6 Å². The van der Waals surface area contributed by atoms with Crippen molar-refractivity contribution in [1.29, 1.82) is 0 Å². The molecular formula is C15H24N2O2. The van der Waals surface area contributed by atoms with Crippen molar-refractivity contribution in [3.05, 3.63) is 0 Å². The van der Waals surface area contributed by atoms with Crippen molar-refractivity contribution in [2.24, 2.45) is 29.6 Å². The molecule has 0 aromatic rings. The summed E-state index contributed by atoms with van der Waals surface area (Å²) in [5, 5.41) is 5.56. The Morgan fingerprint density at radius 2 is 1.58 bits per heavy atom. The topological polar surface area (TPSA) is 58.2 Å². The molecule has 0 aliphatic heterocycles. The van der Waals surface area contributed by atoms with Crippen LogP contribution in [0.4, 0.5) is 0 Å². The molecule has 0 saturated heterocycles. The van der Waals surface area contributed by atoms with Crippen LogP contribution in [0.15, 0.2) is 0 Å². The first kappa shape index (κ1) is 12.9. The molecule has 4 fully saturated rings. The molecule has 4 rings (SSSR count). The molecule has 4 saturated carbocycles. The lowest BCUT2D eigenvalue weighted by molar-refractivity contribution is -0.138. The SMILES string of the molecule is CNC(=O)CCNC(=O)C1C2CC3CC(C2)CC1C3. The van der Waals surface area contributed by atoms with E-state index in [1.807, 2.05) is 0 Å². The first-order valence-electron chi connectivity index (χ1n) is 7.65. The smallest absolute Gasteiger partial charge is 0.223 e. The molecule has 0 heterocycles. The Balaban J connectivity index is 1.54. The van der Waals surface area contributed by atoms with E-state index in [-0.39, 0.29) is 17.7 Å². The van der Waals surface area contributed by atoms with Gasteiger partial charge in [0.2, 0.25) is 11.8 Å². The summed E-state index contributed by atoms with van der Waals surface area (Å²) >= 11 is 0. The number of nitrogens with one attached hydrogen (secondary N) is 2. The fraction of sp³-hybridized carbons (Fsp3) is 0.867. The quantitative estimate of drug-likeness (QED) is 0.804. The van der Waals surface area contributed by atoms with Gasteiger partial charge in [0.1, 0.15) is 0 Å². The van der Waals surface area contributed by atoms with E-state index in [0.717, 1.165) is 11.8 Å². The molecule has 0 radical (unpaired) electrons. The van der Waals surface area contributed by atoms with Gasteiger partial charge in [-0.05, 0) is 55.8 Å². The molecule has 4 heteroatoms. The van der Waals surface area contributed by atoms with E-state index in [0.29, 0.717) is 24.8 Å². The Labute approximate surface area is 114 Å². The van der Waals surface area contributed by atoms with Crippen molar-refractivity contribution >= 4 is 11.8 Å². The van der Waals surface area contributed by atoms with Crippen LogP contribution in [0, 0.1) is 29.6 Å². The normalized spacial score (nSPS) is 39.1. The van der Waals surface area contributed by atoms with E-state index in [1.54, 1.807) is 7.05 Å². The summed E-state index contributed by atoms with van der Waals surface area (Å²) < 4.78 is 0. The summed E-state index contributed by atoms with van der Waals surface area (Å²) in [6.07, 6.45) is 6.86. The third-order valence-corrected chi connectivity index (χ3v) is 5.46. The predicted octanol–water partition coefficient (Wildman–Crippen LogP) is 1.31. The maximum atomic E-state index is 12.4. The summed E-state index contributed by atoms with van der Waals surface area (Å²) in [5.74, 6) is 3.47. The molecule has 4 bridgehead atoms. The molecule has 0 aromatic carbocycles. The third kappa shape index (κ3) is 2.49. The first-order chi connectivity index (χ1) is 9.17. The predicted molar refractivity (Wildman–Crippen MR) is 72.2 cm³/mol.